The van der Waals surface area contributed by atoms with Gasteiger partial charge < -0.3 is 24.4 Å². The Morgan fingerprint density at radius 3 is 2.50 bits per heavy atom. The summed E-state index contributed by atoms with van der Waals surface area (Å²) in [5.41, 5.74) is 0.270. The molecule has 2 N–H and O–H groups in total. The van der Waals surface area contributed by atoms with Crippen LogP contribution in [0.25, 0.3) is 0 Å². The van der Waals surface area contributed by atoms with Gasteiger partial charge in [0.15, 0.2) is 0 Å². The summed E-state index contributed by atoms with van der Waals surface area (Å²) >= 11 is 1.77. The van der Waals surface area contributed by atoms with Gasteiger partial charge in [-0.15, -0.1) is 11.3 Å². The molecule has 0 saturated carbocycles. The van der Waals surface area contributed by atoms with Crippen molar-refractivity contribution in [1.82, 2.24) is 14.4 Å². The van der Waals surface area contributed by atoms with Crippen molar-refractivity contribution in [1.29, 1.82) is 0 Å². The molecule has 0 aromatic carbocycles. The van der Waals surface area contributed by atoms with Gasteiger partial charge in [0.1, 0.15) is 5.69 Å². The summed E-state index contributed by atoms with van der Waals surface area (Å²) in [6.07, 6.45) is 0.0769. The van der Waals surface area contributed by atoms with Crippen molar-refractivity contribution in [3.63, 3.8) is 0 Å². The minimum absolute atomic E-state index is 0.0769. The summed E-state index contributed by atoms with van der Waals surface area (Å²) < 4.78 is 7.46. The van der Waals surface area contributed by atoms with Crippen LogP contribution in [0.1, 0.15) is 15.4 Å². The van der Waals surface area contributed by atoms with Gasteiger partial charge in [-0.05, 0) is 17.5 Å². The maximum absolute atomic E-state index is 12.9. The molecule has 1 amide bonds. The molecule has 4 heterocycles. The van der Waals surface area contributed by atoms with Crippen LogP contribution in [0, 0.1) is 5.92 Å². The Hall–Kier alpha value is -3.02. The van der Waals surface area contributed by atoms with Crippen molar-refractivity contribution in [3.05, 3.63) is 56.6 Å². The first-order chi connectivity index (χ1) is 15.3. The van der Waals surface area contributed by atoms with Crippen LogP contribution in [0.15, 0.2) is 40.5 Å². The Morgan fingerprint density at radius 1 is 1.09 bits per heavy atom. The standard InChI is InChI=1S/C19H23N3O3S.C2H2O4/c1-20-16(5-2-6-18(20)23)19(24)22-11-14-10-21(7-8-25-17(14)13-22)12-15-4-3-9-26-15;3-1(4)2(5)6/h2-6,9,14,17H,7-8,10-13H2,1H3;(H,3,4)(H,5,6)/t14-,17+;/m0./s1. The molecule has 2 aromatic rings. The summed E-state index contributed by atoms with van der Waals surface area (Å²) in [6, 6.07) is 9.06. The molecule has 10 nitrogen and oxygen atoms in total. The van der Waals surface area contributed by atoms with Crippen LogP contribution >= 0.6 is 11.3 Å². The number of aromatic nitrogens is 1. The van der Waals surface area contributed by atoms with Crippen molar-refractivity contribution >= 4 is 29.2 Å². The van der Waals surface area contributed by atoms with E-state index in [1.807, 2.05) is 4.90 Å². The molecular formula is C21H25N3O7S. The Morgan fingerprint density at radius 2 is 1.84 bits per heavy atom. The number of carboxylic acid groups (broad SMARTS) is 2. The van der Waals surface area contributed by atoms with E-state index in [4.69, 9.17) is 24.5 Å². The highest BCUT2D eigenvalue weighted by Crippen LogP contribution is 2.26. The van der Waals surface area contributed by atoms with Crippen LogP contribution in [-0.2, 0) is 27.9 Å². The summed E-state index contributed by atoms with van der Waals surface area (Å²) in [6.45, 7) is 4.75. The molecule has 2 atom stereocenters. The van der Waals surface area contributed by atoms with Gasteiger partial charge in [0.25, 0.3) is 11.5 Å². The average molecular weight is 464 g/mol. The molecule has 2 aromatic heterocycles. The molecule has 0 aliphatic carbocycles. The Kier molecular flexibility index (Phi) is 7.78. The minimum Gasteiger partial charge on any atom is -0.473 e. The quantitative estimate of drug-likeness (QED) is 0.633. The van der Waals surface area contributed by atoms with Gasteiger partial charge in [-0.1, -0.05) is 12.1 Å². The number of ether oxygens (including phenoxy) is 1. The molecule has 0 spiro atoms. The lowest BCUT2D eigenvalue weighted by Crippen LogP contribution is -2.35. The zero-order valence-corrected chi connectivity index (χ0v) is 18.4. The SMILES string of the molecule is Cn1c(C(=O)N2C[C@@H]3CN(Cc4cccs4)CCO[C@@H]3C2)cccc1=O.O=C(O)C(=O)O. The number of thiophene rings is 1. The number of fused-ring (bicyclic) bond motifs is 1. The fourth-order valence-electron chi connectivity index (χ4n) is 3.83. The number of hydrogen-bond donors (Lipinski definition) is 2. The molecule has 2 fully saturated rings. The normalized spacial score (nSPS) is 20.6. The van der Waals surface area contributed by atoms with Gasteiger partial charge >= 0.3 is 11.9 Å². The Bertz CT molecular complexity index is 1010. The third kappa shape index (κ3) is 5.81. The second kappa shape index (κ2) is 10.5. The van der Waals surface area contributed by atoms with Crippen molar-refractivity contribution in [2.24, 2.45) is 13.0 Å². The van der Waals surface area contributed by atoms with E-state index < -0.39 is 11.9 Å². The molecule has 0 radical (unpaired) electrons. The first-order valence-electron chi connectivity index (χ1n) is 10.0. The third-order valence-electron chi connectivity index (χ3n) is 5.45. The first kappa shape index (κ1) is 23.6. The van der Waals surface area contributed by atoms with Gasteiger partial charge in [-0.3, -0.25) is 14.5 Å². The Labute approximate surface area is 188 Å². The van der Waals surface area contributed by atoms with Crippen molar-refractivity contribution in [2.45, 2.75) is 12.6 Å². The fourth-order valence-corrected chi connectivity index (χ4v) is 4.58. The molecule has 11 heteroatoms. The van der Waals surface area contributed by atoms with E-state index in [1.54, 1.807) is 30.5 Å². The summed E-state index contributed by atoms with van der Waals surface area (Å²) in [5.74, 6) is -3.43. The number of likely N-dealkylation sites (tertiary alicyclic amines) is 1. The highest BCUT2D eigenvalue weighted by atomic mass is 32.1. The van der Waals surface area contributed by atoms with Crippen LogP contribution < -0.4 is 5.56 Å². The second-order valence-corrected chi connectivity index (χ2v) is 8.64. The maximum Gasteiger partial charge on any atom is 0.414 e. The predicted octanol–water partition coefficient (Wildman–Crippen LogP) is 0.575. The van der Waals surface area contributed by atoms with E-state index in [-0.39, 0.29) is 17.6 Å². The van der Waals surface area contributed by atoms with Crippen LogP contribution in [0.2, 0.25) is 0 Å². The summed E-state index contributed by atoms with van der Waals surface area (Å²) in [7, 11) is 1.64. The van der Waals surface area contributed by atoms with E-state index in [1.165, 1.54) is 15.5 Å². The van der Waals surface area contributed by atoms with Crippen molar-refractivity contribution in [3.8, 4) is 0 Å². The van der Waals surface area contributed by atoms with E-state index in [0.29, 0.717) is 31.3 Å². The molecular weight excluding hydrogens is 438 g/mol. The molecule has 2 aliphatic rings. The van der Waals surface area contributed by atoms with Crippen LogP contribution in [-0.4, -0.2) is 81.3 Å². The van der Waals surface area contributed by atoms with E-state index in [2.05, 4.69) is 22.4 Å². The molecule has 0 unspecified atom stereocenters. The molecule has 172 valence electrons. The highest BCUT2D eigenvalue weighted by molar-refractivity contribution is 7.09. The molecule has 4 rings (SSSR count). The maximum atomic E-state index is 12.9. The monoisotopic (exact) mass is 463 g/mol. The fraction of sp³-hybridized carbons (Fsp3) is 0.429. The zero-order chi connectivity index (χ0) is 23.3. The topological polar surface area (TPSA) is 129 Å². The van der Waals surface area contributed by atoms with Crippen molar-refractivity contribution in [2.75, 3.05) is 32.8 Å². The number of carbonyl (C=O) groups is 3. The highest BCUT2D eigenvalue weighted by Gasteiger charge is 2.39. The number of nitrogens with zero attached hydrogens (tertiary/aromatic N) is 3. The van der Waals surface area contributed by atoms with E-state index in [0.717, 1.165) is 19.6 Å². The minimum atomic E-state index is -1.82. The average Bonchev–Trinajstić information content (AvgIpc) is 3.36. The number of pyridine rings is 1. The summed E-state index contributed by atoms with van der Waals surface area (Å²) in [5, 5.41) is 16.9. The van der Waals surface area contributed by atoms with Crippen molar-refractivity contribution < 1.29 is 29.3 Å². The molecule has 2 saturated heterocycles. The van der Waals surface area contributed by atoms with Gasteiger partial charge in [-0.2, -0.15) is 0 Å². The third-order valence-corrected chi connectivity index (χ3v) is 6.31. The van der Waals surface area contributed by atoms with E-state index in [9.17, 15) is 9.59 Å². The predicted molar refractivity (Wildman–Crippen MR) is 116 cm³/mol. The number of hydrogen-bond acceptors (Lipinski definition) is 7. The Balaban J connectivity index is 0.000000427. The number of carboxylic acids is 2. The number of carbonyl (C=O) groups excluding carboxylic acids is 1. The van der Waals surface area contributed by atoms with Gasteiger partial charge in [0.2, 0.25) is 0 Å². The lowest BCUT2D eigenvalue weighted by molar-refractivity contribution is -0.159. The largest absolute Gasteiger partial charge is 0.473 e. The smallest absolute Gasteiger partial charge is 0.414 e. The molecule has 32 heavy (non-hydrogen) atoms. The van der Waals surface area contributed by atoms with Crippen LogP contribution in [0.3, 0.4) is 0 Å². The van der Waals surface area contributed by atoms with Gasteiger partial charge in [0, 0.05) is 56.6 Å². The molecule has 2 aliphatic heterocycles. The second-order valence-electron chi connectivity index (χ2n) is 7.61. The number of amides is 1. The zero-order valence-electron chi connectivity index (χ0n) is 17.5. The number of aliphatic carboxylic acids is 2. The van der Waals surface area contributed by atoms with Gasteiger partial charge in [0.05, 0.1) is 12.7 Å². The lowest BCUT2D eigenvalue weighted by Gasteiger charge is -2.23. The first-order valence-corrected chi connectivity index (χ1v) is 10.9. The molecule has 0 bridgehead atoms. The van der Waals surface area contributed by atoms with Gasteiger partial charge in [-0.25, -0.2) is 9.59 Å². The van der Waals surface area contributed by atoms with E-state index >= 15 is 0 Å². The lowest BCUT2D eigenvalue weighted by atomic mass is 10.1. The van der Waals surface area contributed by atoms with Crippen LogP contribution in [0.5, 0.6) is 0 Å². The summed E-state index contributed by atoms with van der Waals surface area (Å²) in [4.78, 5) is 48.5. The van der Waals surface area contributed by atoms with Crippen LogP contribution in [0.4, 0.5) is 0 Å². The number of rotatable bonds is 3.